The Balaban J connectivity index is 0.000000194. The highest BCUT2D eigenvalue weighted by Gasteiger charge is 2.27. The summed E-state index contributed by atoms with van der Waals surface area (Å²) in [5.74, 6) is -2.25. The average molecular weight is 1180 g/mol. The van der Waals surface area contributed by atoms with Crippen molar-refractivity contribution in [2.75, 3.05) is 41.0 Å². The average Bonchev–Trinajstić information content (AvgIpc) is 3.42. The molecule has 24 nitrogen and oxygen atoms in total. The van der Waals surface area contributed by atoms with Crippen LogP contribution >= 0.6 is 0 Å². The first-order chi connectivity index (χ1) is 37.5. The predicted molar refractivity (Wildman–Crippen MR) is 305 cm³/mol. The van der Waals surface area contributed by atoms with E-state index in [4.69, 9.17) is 32.0 Å². The molecule has 0 aromatic heterocycles. The van der Waals surface area contributed by atoms with Crippen LogP contribution in [0.5, 0.6) is 5.75 Å². The number of fused-ring (bicyclic) bond motifs is 4. The molecule has 422 valence electrons. The largest absolute Gasteiger partial charge is 0.505 e. The Kier molecular flexibility index (Phi) is 18.5. The molecule has 0 saturated carbocycles. The van der Waals surface area contributed by atoms with Gasteiger partial charge in [-0.3, -0.25) is 27.8 Å². The van der Waals surface area contributed by atoms with Gasteiger partial charge in [-0.25, -0.2) is 0 Å². The summed E-state index contributed by atoms with van der Waals surface area (Å²) in [5.41, 5.74) is 28.1. The van der Waals surface area contributed by atoms with Gasteiger partial charge in [0.25, 0.3) is 46.4 Å². The van der Waals surface area contributed by atoms with Crippen LogP contribution in [0.25, 0.3) is 28.2 Å². The minimum atomic E-state index is -4.91. The summed E-state index contributed by atoms with van der Waals surface area (Å²) in [4.78, 5) is 21.9. The Hall–Kier alpha value is -8.74. The summed E-state index contributed by atoms with van der Waals surface area (Å²) in [6, 6.07) is 16.6. The summed E-state index contributed by atoms with van der Waals surface area (Å²) in [7, 11) is -17.4. The van der Waals surface area contributed by atoms with Crippen molar-refractivity contribution in [2.45, 2.75) is 40.5 Å². The van der Waals surface area contributed by atoms with Crippen LogP contribution in [0.3, 0.4) is 0 Å². The fraction of sp³-hybridized carbons (Fsp3) is 0.115. The molecule has 0 radical (unpaired) electrons. The smallest absolute Gasteiger partial charge is 0.296 e. The van der Waals surface area contributed by atoms with Crippen LogP contribution in [0.4, 0.5) is 28.4 Å². The zero-order chi connectivity index (χ0) is 59.1. The number of rotatable bonds is 10. The van der Waals surface area contributed by atoms with Gasteiger partial charge in [-0.15, -0.1) is 0 Å². The molecule has 18 N–H and O–H groups in total. The molecule has 0 fully saturated rings. The van der Waals surface area contributed by atoms with Gasteiger partial charge in [-0.05, 0) is 108 Å². The zero-order valence-corrected chi connectivity index (χ0v) is 45.5. The highest BCUT2D eigenvalue weighted by molar-refractivity contribution is 7.90. The lowest BCUT2D eigenvalue weighted by molar-refractivity contribution is -0.111. The first kappa shape index (κ1) is 60.5. The van der Waals surface area contributed by atoms with Crippen molar-refractivity contribution in [3.63, 3.8) is 0 Å². The number of nitrogens with two attached hydrogens (primary N) is 4. The number of carbonyl (C=O) groups is 2. The highest BCUT2D eigenvalue weighted by atomic mass is 32.2. The number of aromatic hydroxyl groups is 1. The van der Waals surface area contributed by atoms with Gasteiger partial charge < -0.3 is 54.4 Å². The molecule has 1 amide bonds. The molecule has 4 aliphatic rings. The third-order valence-corrected chi connectivity index (χ3v) is 15.8. The molecule has 28 heteroatoms. The van der Waals surface area contributed by atoms with Gasteiger partial charge in [0, 0.05) is 47.1 Å². The maximum Gasteiger partial charge on any atom is 0.296 e. The molecular formula is C52H54N8O16S4. The Bertz CT molecular complexity index is 4070. The van der Waals surface area contributed by atoms with E-state index >= 15 is 0 Å². The van der Waals surface area contributed by atoms with Crippen LogP contribution in [-0.4, -0.2) is 93.9 Å². The van der Waals surface area contributed by atoms with Crippen LogP contribution < -0.4 is 44.2 Å². The number of nitrogen functional groups attached to an aromatic ring is 2. The number of dihydropyridines is 1. The monoisotopic (exact) mass is 1170 g/mol. The molecule has 0 saturated heterocycles. The Labute approximate surface area is 460 Å². The molecule has 80 heavy (non-hydrogen) atoms. The fourth-order valence-corrected chi connectivity index (χ4v) is 10.8. The van der Waals surface area contributed by atoms with Crippen molar-refractivity contribution in [3.05, 3.63) is 177 Å². The number of carbonyl (C=O) groups excluding carboxylic acids is 2. The standard InChI is InChI=1S/C22H18N2O9S2.C12H16N2O7S2.2C9H10N2/c23-20-18(35(31,32)33)8-12-7-13(34(28,29)30)9-17(19(12)21(20)26)24-22(27)16-6-2-4-14-11(10-25)3-1-5-15(14)16;1-3-10(23(19,20)21)11(13)12(15)8-5-4-7(22(16,17)18)6-9(8)14-2;2*10-8-5-1-3-7-4-2-6-11-9(7)8/h1,3,5-10,26H,2,4,23H2,(H,24,27)(H,28,29,30)(H,31,32,33);3-6,14-15H,13H2,1-2H3,(H,16,17,18)(H,19,20,21);1-5,11H,6,10H2;1-6,9,11H,10H2/b;10-3+,12-11-;;. The lowest BCUT2D eigenvalue weighted by atomic mass is 9.87. The number of aliphatic hydroxyl groups excluding tert-OH is 1. The van der Waals surface area contributed by atoms with Crippen molar-refractivity contribution in [3.8, 4) is 5.75 Å². The lowest BCUT2D eigenvalue weighted by Crippen LogP contribution is -2.34. The molecule has 0 bridgehead atoms. The van der Waals surface area contributed by atoms with Crippen molar-refractivity contribution in [1.82, 2.24) is 5.32 Å². The number of anilines is 5. The molecule has 2 heterocycles. The number of phenols is 1. The number of aliphatic hydroxyl groups is 1. The van der Waals surface area contributed by atoms with Crippen LogP contribution in [0.1, 0.15) is 46.0 Å². The first-order valence-electron chi connectivity index (χ1n) is 23.3. The van der Waals surface area contributed by atoms with E-state index in [1.54, 1.807) is 24.3 Å². The van der Waals surface area contributed by atoms with E-state index in [9.17, 15) is 62.6 Å². The Morgan fingerprint density at radius 2 is 1.50 bits per heavy atom. The van der Waals surface area contributed by atoms with E-state index in [0.717, 1.165) is 66.1 Å². The molecular weight excluding hydrogens is 1120 g/mol. The minimum absolute atomic E-state index is 0.0274. The normalized spacial score (nSPS) is 15.7. The van der Waals surface area contributed by atoms with Gasteiger partial charge in [0.05, 0.1) is 44.3 Å². The van der Waals surface area contributed by atoms with E-state index in [0.29, 0.717) is 35.8 Å². The first-order valence-corrected chi connectivity index (χ1v) is 29.1. The van der Waals surface area contributed by atoms with Gasteiger partial charge in [-0.1, -0.05) is 72.9 Å². The van der Waals surface area contributed by atoms with E-state index in [2.05, 4.69) is 45.6 Å². The number of amides is 1. The minimum Gasteiger partial charge on any atom is -0.505 e. The van der Waals surface area contributed by atoms with E-state index in [-0.39, 0.29) is 39.3 Å². The third-order valence-electron chi connectivity index (χ3n) is 12.2. The number of para-hydroxylation sites is 1. The SMILES string of the molecule is C/C=C(\C(N)=C(\O)c1ccc(S(=O)(=O)O)cc1NC)S(=O)(=O)O.NC1=CC=CC2=CC=CNC12.Nc1c(S(=O)(=O)O)cc2cc(S(=O)(=O)O)cc(NC(=O)C3=CCCc4c(C=O)cccc43)c2c1O.Nc1cccc2c1NCC=C2. The van der Waals surface area contributed by atoms with Crippen LogP contribution in [-0.2, 0) is 51.7 Å². The molecule has 1 unspecified atom stereocenters. The van der Waals surface area contributed by atoms with E-state index in [1.807, 2.05) is 42.6 Å². The van der Waals surface area contributed by atoms with Gasteiger partial charge in [-0.2, -0.15) is 33.7 Å². The maximum absolute atomic E-state index is 13.2. The highest BCUT2D eigenvalue weighted by Crippen LogP contribution is 2.42. The van der Waals surface area contributed by atoms with Crippen LogP contribution in [0.15, 0.2) is 164 Å². The molecule has 0 spiro atoms. The van der Waals surface area contributed by atoms with Gasteiger partial charge in [0.2, 0.25) is 0 Å². The second-order valence-electron chi connectivity index (χ2n) is 17.3. The number of nitrogens with one attached hydrogen (secondary N) is 4. The predicted octanol–water partition coefficient (Wildman–Crippen LogP) is 5.87. The van der Waals surface area contributed by atoms with E-state index < -0.39 is 88.9 Å². The summed E-state index contributed by atoms with van der Waals surface area (Å²) in [6.45, 7) is 2.17. The summed E-state index contributed by atoms with van der Waals surface area (Å²) in [5, 5.41) is 31.7. The van der Waals surface area contributed by atoms with Gasteiger partial charge in [0.1, 0.15) is 27.6 Å². The van der Waals surface area contributed by atoms with Gasteiger partial charge >= 0.3 is 0 Å². The number of phenolic OH excluding ortho intramolecular Hbond substituents is 1. The van der Waals surface area contributed by atoms with Crippen molar-refractivity contribution < 1.29 is 71.7 Å². The second-order valence-corrected chi connectivity index (χ2v) is 22.9. The maximum atomic E-state index is 13.2. The molecule has 5 aromatic rings. The molecule has 1 atom stereocenters. The zero-order valence-electron chi connectivity index (χ0n) is 42.2. The quantitative estimate of drug-likeness (QED) is 0.0194. The van der Waals surface area contributed by atoms with Crippen molar-refractivity contribution >= 4 is 109 Å². The number of benzene rings is 5. The van der Waals surface area contributed by atoms with Crippen LogP contribution in [0, 0.1) is 0 Å². The lowest BCUT2D eigenvalue weighted by Gasteiger charge is -2.23. The Morgan fingerprint density at radius 1 is 0.812 bits per heavy atom. The fourth-order valence-electron chi connectivity index (χ4n) is 8.46. The number of aldehydes is 1. The molecule has 9 rings (SSSR count). The van der Waals surface area contributed by atoms with Crippen LogP contribution in [0.2, 0.25) is 0 Å². The molecule has 2 aliphatic carbocycles. The molecule has 5 aromatic carbocycles. The Morgan fingerprint density at radius 3 is 2.11 bits per heavy atom. The van der Waals surface area contributed by atoms with E-state index in [1.165, 1.54) is 25.1 Å². The summed E-state index contributed by atoms with van der Waals surface area (Å²) < 4.78 is 129. The summed E-state index contributed by atoms with van der Waals surface area (Å²) >= 11 is 0. The number of hydrogen-bond acceptors (Lipinski definition) is 19. The van der Waals surface area contributed by atoms with Crippen molar-refractivity contribution in [1.29, 1.82) is 0 Å². The van der Waals surface area contributed by atoms with Gasteiger partial charge in [0.15, 0.2) is 0 Å². The second kappa shape index (κ2) is 24.5. The molecule has 2 aliphatic heterocycles. The summed E-state index contributed by atoms with van der Waals surface area (Å²) in [6.07, 6.45) is 20.4. The number of allylic oxidation sites excluding steroid dienone is 6. The third kappa shape index (κ3) is 13.9. The number of hydrogen-bond donors (Lipinski definition) is 14. The topological polar surface area (TPSA) is 444 Å². The van der Waals surface area contributed by atoms with Crippen molar-refractivity contribution in [2.24, 2.45) is 11.5 Å².